The van der Waals surface area contributed by atoms with Crippen LogP contribution in [0, 0.1) is 5.92 Å². The first-order valence-corrected chi connectivity index (χ1v) is 7.85. The van der Waals surface area contributed by atoms with Gasteiger partial charge in [0.25, 0.3) is 0 Å². The highest BCUT2D eigenvalue weighted by atomic mass is 16.5. The molecule has 0 radical (unpaired) electrons. The Labute approximate surface area is 120 Å². The van der Waals surface area contributed by atoms with E-state index in [1.807, 2.05) is 0 Å². The largest absolute Gasteiger partial charge is 0.370 e. The summed E-state index contributed by atoms with van der Waals surface area (Å²) in [6, 6.07) is 0. The second kappa shape index (κ2) is 5.82. The Morgan fingerprint density at radius 1 is 1.20 bits per heavy atom. The van der Waals surface area contributed by atoms with E-state index in [1.54, 1.807) is 7.11 Å². The average Bonchev–Trinajstić information content (AvgIpc) is 3.03. The van der Waals surface area contributed by atoms with Gasteiger partial charge in [-0.1, -0.05) is 37.8 Å². The van der Waals surface area contributed by atoms with Crippen LogP contribution < -0.4 is 5.32 Å². The molecule has 1 aromatic rings. The van der Waals surface area contributed by atoms with Crippen molar-refractivity contribution < 1.29 is 9.26 Å². The number of ether oxygens (including phenoxy) is 1. The molecule has 5 nitrogen and oxygen atoms in total. The van der Waals surface area contributed by atoms with E-state index in [-0.39, 0.29) is 5.60 Å². The Hall–Kier alpha value is -0.940. The van der Waals surface area contributed by atoms with Gasteiger partial charge in [0.1, 0.15) is 5.60 Å². The number of hydrogen-bond donors (Lipinski definition) is 1. The zero-order valence-electron chi connectivity index (χ0n) is 12.5. The maximum Gasteiger partial charge on any atom is 0.231 e. The van der Waals surface area contributed by atoms with Crippen molar-refractivity contribution >= 4 is 0 Å². The van der Waals surface area contributed by atoms with E-state index in [4.69, 9.17) is 14.2 Å². The minimum atomic E-state index is -0.326. The summed E-state index contributed by atoms with van der Waals surface area (Å²) in [6.07, 6.45) is 6.92. The van der Waals surface area contributed by atoms with Crippen LogP contribution in [-0.2, 0) is 10.3 Å². The highest BCUT2D eigenvalue weighted by Crippen LogP contribution is 2.38. The van der Waals surface area contributed by atoms with Crippen LogP contribution in [0.15, 0.2) is 4.52 Å². The van der Waals surface area contributed by atoms with Gasteiger partial charge in [-0.2, -0.15) is 4.98 Å². The lowest BCUT2D eigenvalue weighted by atomic mass is 9.93. The lowest BCUT2D eigenvalue weighted by Crippen LogP contribution is -2.29. The fraction of sp³-hybridized carbons (Fsp3) is 0.867. The Morgan fingerprint density at radius 3 is 2.55 bits per heavy atom. The van der Waals surface area contributed by atoms with E-state index in [9.17, 15) is 0 Å². The van der Waals surface area contributed by atoms with Crippen LogP contribution in [0.1, 0.15) is 63.1 Å². The minimum absolute atomic E-state index is 0.326. The molecule has 1 N–H and O–H groups in total. The summed E-state index contributed by atoms with van der Waals surface area (Å²) in [5.41, 5.74) is -0.326. The smallest absolute Gasteiger partial charge is 0.231 e. The standard InChI is InChI=1S/C15H25N3O2/c1-11-9-16-10-12(11)13-17-14(18-20-13)15(19-2)7-5-3-4-6-8-15/h11-12,16H,3-10H2,1-2H3. The van der Waals surface area contributed by atoms with Crippen molar-refractivity contribution in [3.63, 3.8) is 0 Å². The summed E-state index contributed by atoms with van der Waals surface area (Å²) < 4.78 is 11.4. The third-order valence-corrected chi connectivity index (χ3v) is 4.99. The molecule has 2 unspecified atom stereocenters. The van der Waals surface area contributed by atoms with Gasteiger partial charge in [-0.3, -0.25) is 0 Å². The maximum atomic E-state index is 5.85. The van der Waals surface area contributed by atoms with Crippen molar-refractivity contribution in [2.24, 2.45) is 5.92 Å². The SMILES string of the molecule is COC1(c2noc(C3CNCC3C)n2)CCCCCC1. The number of hydrogen-bond acceptors (Lipinski definition) is 5. The van der Waals surface area contributed by atoms with Crippen LogP contribution in [0.5, 0.6) is 0 Å². The van der Waals surface area contributed by atoms with Crippen molar-refractivity contribution in [1.82, 2.24) is 15.5 Å². The minimum Gasteiger partial charge on any atom is -0.370 e. The fourth-order valence-electron chi connectivity index (χ4n) is 3.53. The van der Waals surface area contributed by atoms with Crippen molar-refractivity contribution in [3.05, 3.63) is 11.7 Å². The summed E-state index contributed by atoms with van der Waals surface area (Å²) in [7, 11) is 1.78. The van der Waals surface area contributed by atoms with E-state index in [1.165, 1.54) is 25.7 Å². The Morgan fingerprint density at radius 2 is 1.95 bits per heavy atom. The van der Waals surface area contributed by atoms with E-state index in [0.717, 1.165) is 37.6 Å². The summed E-state index contributed by atoms with van der Waals surface area (Å²) in [4.78, 5) is 4.71. The van der Waals surface area contributed by atoms with Gasteiger partial charge in [-0.25, -0.2) is 0 Å². The van der Waals surface area contributed by atoms with Crippen LogP contribution in [-0.4, -0.2) is 30.3 Å². The van der Waals surface area contributed by atoms with Gasteiger partial charge in [-0.05, 0) is 25.3 Å². The van der Waals surface area contributed by atoms with Gasteiger partial charge >= 0.3 is 0 Å². The average molecular weight is 279 g/mol. The molecule has 2 atom stereocenters. The Balaban J connectivity index is 1.83. The van der Waals surface area contributed by atoms with Crippen molar-refractivity contribution in [2.75, 3.05) is 20.2 Å². The van der Waals surface area contributed by atoms with E-state index in [2.05, 4.69) is 17.4 Å². The van der Waals surface area contributed by atoms with Gasteiger partial charge in [0, 0.05) is 13.7 Å². The first-order chi connectivity index (χ1) is 9.75. The first-order valence-electron chi connectivity index (χ1n) is 7.85. The second-order valence-electron chi connectivity index (χ2n) is 6.31. The molecular weight excluding hydrogens is 254 g/mol. The topological polar surface area (TPSA) is 60.2 Å². The monoisotopic (exact) mass is 279 g/mol. The Kier molecular flexibility index (Phi) is 4.08. The predicted molar refractivity (Wildman–Crippen MR) is 75.5 cm³/mol. The molecular formula is C15H25N3O2. The summed E-state index contributed by atoms with van der Waals surface area (Å²) >= 11 is 0. The number of nitrogens with one attached hydrogen (secondary N) is 1. The molecule has 1 saturated carbocycles. The zero-order chi connectivity index (χ0) is 14.0. The molecule has 0 amide bonds. The molecule has 112 valence electrons. The van der Waals surface area contributed by atoms with Gasteiger partial charge in [-0.15, -0.1) is 0 Å². The number of methoxy groups -OCH3 is 1. The van der Waals surface area contributed by atoms with E-state index < -0.39 is 0 Å². The third kappa shape index (κ3) is 2.49. The van der Waals surface area contributed by atoms with Gasteiger partial charge in [0.2, 0.25) is 11.7 Å². The molecule has 0 spiro atoms. The molecule has 2 fully saturated rings. The summed E-state index contributed by atoms with van der Waals surface area (Å²) in [6.45, 7) is 4.19. The highest BCUT2D eigenvalue weighted by molar-refractivity contribution is 5.07. The number of rotatable bonds is 3. The second-order valence-corrected chi connectivity index (χ2v) is 6.31. The van der Waals surface area contributed by atoms with Gasteiger partial charge in [0.15, 0.2) is 0 Å². The normalized spacial score (nSPS) is 30.3. The third-order valence-electron chi connectivity index (χ3n) is 4.99. The summed E-state index contributed by atoms with van der Waals surface area (Å²) in [5, 5.41) is 7.65. The molecule has 3 rings (SSSR count). The van der Waals surface area contributed by atoms with Crippen LogP contribution >= 0.6 is 0 Å². The molecule has 1 aromatic heterocycles. The van der Waals surface area contributed by atoms with Crippen LogP contribution in [0.25, 0.3) is 0 Å². The molecule has 2 aliphatic rings. The van der Waals surface area contributed by atoms with E-state index in [0.29, 0.717) is 11.8 Å². The zero-order valence-corrected chi connectivity index (χ0v) is 12.5. The molecule has 2 heterocycles. The Bertz CT molecular complexity index is 438. The predicted octanol–water partition coefficient (Wildman–Crippen LogP) is 2.59. The fourth-order valence-corrected chi connectivity index (χ4v) is 3.53. The lowest BCUT2D eigenvalue weighted by Gasteiger charge is -2.27. The summed E-state index contributed by atoms with van der Waals surface area (Å²) in [5.74, 6) is 2.43. The van der Waals surface area contributed by atoms with Crippen LogP contribution in [0.4, 0.5) is 0 Å². The van der Waals surface area contributed by atoms with Crippen molar-refractivity contribution in [1.29, 1.82) is 0 Å². The van der Waals surface area contributed by atoms with Crippen molar-refractivity contribution in [2.45, 2.75) is 57.0 Å². The lowest BCUT2D eigenvalue weighted by molar-refractivity contribution is -0.0365. The molecule has 0 aromatic carbocycles. The molecule has 1 saturated heterocycles. The van der Waals surface area contributed by atoms with Gasteiger partial charge < -0.3 is 14.6 Å². The maximum absolute atomic E-state index is 5.85. The van der Waals surface area contributed by atoms with Crippen LogP contribution in [0.3, 0.4) is 0 Å². The quantitative estimate of drug-likeness (QED) is 0.862. The first kappa shape index (κ1) is 14.0. The van der Waals surface area contributed by atoms with E-state index >= 15 is 0 Å². The number of aromatic nitrogens is 2. The number of nitrogens with zero attached hydrogens (tertiary/aromatic N) is 2. The van der Waals surface area contributed by atoms with Crippen LogP contribution in [0.2, 0.25) is 0 Å². The molecule has 0 bridgehead atoms. The highest BCUT2D eigenvalue weighted by Gasteiger charge is 2.39. The molecule has 5 heteroatoms. The van der Waals surface area contributed by atoms with Gasteiger partial charge in [0.05, 0.1) is 5.92 Å². The molecule has 1 aliphatic heterocycles. The molecule has 20 heavy (non-hydrogen) atoms. The molecule has 1 aliphatic carbocycles. The van der Waals surface area contributed by atoms with Crippen molar-refractivity contribution in [3.8, 4) is 0 Å².